The molecular weight excluding hydrogens is 352 g/mol. The van der Waals surface area contributed by atoms with Crippen molar-refractivity contribution in [1.82, 2.24) is 0 Å². The molecule has 4 saturated heterocycles. The lowest BCUT2D eigenvalue weighted by Gasteiger charge is -2.48. The van der Waals surface area contributed by atoms with Gasteiger partial charge in [-0.3, -0.25) is 0 Å². The van der Waals surface area contributed by atoms with Gasteiger partial charge < -0.3 is 34.3 Å². The fourth-order valence-electron chi connectivity index (χ4n) is 8.52. The first kappa shape index (κ1) is 17.6. The summed E-state index contributed by atoms with van der Waals surface area (Å²) in [6, 6.07) is 0. The van der Waals surface area contributed by atoms with Crippen LogP contribution in [0.1, 0.15) is 47.0 Å². The van der Waals surface area contributed by atoms with E-state index in [0.717, 1.165) is 6.42 Å². The number of hydrogen-bond donors (Lipinski definition) is 3. The van der Waals surface area contributed by atoms with Crippen LogP contribution in [0.4, 0.5) is 0 Å². The van der Waals surface area contributed by atoms with E-state index in [1.54, 1.807) is 0 Å². The molecule has 6 fully saturated rings. The molecule has 2 aliphatic carbocycles. The molecule has 3 N–H and O–H groups in total. The van der Waals surface area contributed by atoms with Gasteiger partial charge in [0, 0.05) is 23.2 Å². The lowest BCUT2D eigenvalue weighted by molar-refractivity contribution is -0.308. The maximum atomic E-state index is 12.0. The van der Waals surface area contributed by atoms with Gasteiger partial charge in [-0.05, 0) is 24.2 Å². The van der Waals surface area contributed by atoms with E-state index in [0.29, 0.717) is 19.4 Å². The van der Waals surface area contributed by atoms with Crippen LogP contribution in [0.5, 0.6) is 0 Å². The smallest absolute Gasteiger partial charge is 0.188 e. The highest BCUT2D eigenvalue weighted by molar-refractivity contribution is 5.40. The Bertz CT molecular complexity index is 707. The molecule has 11 atom stereocenters. The van der Waals surface area contributed by atoms with Crippen LogP contribution in [0, 0.1) is 28.1 Å². The predicted molar refractivity (Wildman–Crippen MR) is 91.1 cm³/mol. The normalized spacial score (nSPS) is 66.1. The Kier molecular flexibility index (Phi) is 2.97. The van der Waals surface area contributed by atoms with Gasteiger partial charge in [-0.1, -0.05) is 27.7 Å². The molecule has 0 aromatic rings. The Balaban J connectivity index is 1.64. The molecule has 0 aromatic heterocycles. The number of aliphatic hydroxyl groups is 3. The summed E-state index contributed by atoms with van der Waals surface area (Å²) in [4.78, 5) is 0. The summed E-state index contributed by atoms with van der Waals surface area (Å²) < 4.78 is 24.6. The highest BCUT2D eigenvalue weighted by atomic mass is 16.8. The van der Waals surface area contributed by atoms with Crippen LogP contribution in [0.2, 0.25) is 0 Å². The molecule has 1 unspecified atom stereocenters. The first-order valence-corrected chi connectivity index (χ1v) is 10.2. The summed E-state index contributed by atoms with van der Waals surface area (Å²) in [7, 11) is 0. The molecular formula is C20H30O7. The fourth-order valence-corrected chi connectivity index (χ4v) is 8.52. The van der Waals surface area contributed by atoms with Crippen molar-refractivity contribution in [2.24, 2.45) is 28.1 Å². The van der Waals surface area contributed by atoms with E-state index in [-0.39, 0.29) is 23.4 Å². The summed E-state index contributed by atoms with van der Waals surface area (Å²) in [5.41, 5.74) is -3.83. The molecule has 7 heteroatoms. The second-order valence-electron chi connectivity index (χ2n) is 10.9. The lowest BCUT2D eigenvalue weighted by Crippen LogP contribution is -2.66. The third kappa shape index (κ3) is 1.43. The van der Waals surface area contributed by atoms with Crippen molar-refractivity contribution in [3.05, 3.63) is 0 Å². The molecule has 7 nitrogen and oxygen atoms in total. The van der Waals surface area contributed by atoms with Crippen molar-refractivity contribution >= 4 is 0 Å². The zero-order valence-electron chi connectivity index (χ0n) is 16.3. The van der Waals surface area contributed by atoms with Crippen molar-refractivity contribution < 1.29 is 34.3 Å². The van der Waals surface area contributed by atoms with Gasteiger partial charge in [-0.2, -0.15) is 0 Å². The van der Waals surface area contributed by atoms with Gasteiger partial charge in [-0.15, -0.1) is 0 Å². The van der Waals surface area contributed by atoms with Crippen molar-refractivity contribution in [3.63, 3.8) is 0 Å². The third-order valence-electron chi connectivity index (χ3n) is 9.20. The Morgan fingerprint density at radius 3 is 2.48 bits per heavy atom. The molecule has 0 bridgehead atoms. The maximum absolute atomic E-state index is 12.0. The highest BCUT2D eigenvalue weighted by Gasteiger charge is 2.97. The monoisotopic (exact) mass is 382 g/mol. The Hall–Kier alpha value is -0.280. The summed E-state index contributed by atoms with van der Waals surface area (Å²) in [5, 5.41) is 33.5. The van der Waals surface area contributed by atoms with E-state index in [9.17, 15) is 15.3 Å². The van der Waals surface area contributed by atoms with Crippen LogP contribution in [0.15, 0.2) is 0 Å². The largest absolute Gasteiger partial charge is 0.384 e. The Morgan fingerprint density at radius 2 is 1.78 bits per heavy atom. The van der Waals surface area contributed by atoms with Crippen LogP contribution in [-0.2, 0) is 18.9 Å². The molecule has 27 heavy (non-hydrogen) atoms. The topological polar surface area (TPSA) is 97.6 Å². The van der Waals surface area contributed by atoms with E-state index in [1.807, 2.05) is 6.92 Å². The molecule has 6 rings (SSSR count). The summed E-state index contributed by atoms with van der Waals surface area (Å²) >= 11 is 0. The van der Waals surface area contributed by atoms with Gasteiger partial charge in [0.25, 0.3) is 0 Å². The van der Waals surface area contributed by atoms with Crippen molar-refractivity contribution in [3.8, 4) is 0 Å². The molecule has 0 aromatic carbocycles. The van der Waals surface area contributed by atoms with Gasteiger partial charge in [0.1, 0.15) is 5.60 Å². The van der Waals surface area contributed by atoms with E-state index in [4.69, 9.17) is 18.9 Å². The average Bonchev–Trinajstić information content (AvgIpc) is 3.27. The quantitative estimate of drug-likeness (QED) is 0.569. The van der Waals surface area contributed by atoms with Crippen LogP contribution < -0.4 is 0 Å². The van der Waals surface area contributed by atoms with Gasteiger partial charge in [0.15, 0.2) is 24.5 Å². The minimum Gasteiger partial charge on any atom is -0.384 e. The van der Waals surface area contributed by atoms with Gasteiger partial charge in [-0.25, -0.2) is 0 Å². The van der Waals surface area contributed by atoms with Crippen LogP contribution in [0.3, 0.4) is 0 Å². The first-order valence-electron chi connectivity index (χ1n) is 10.2. The molecule has 152 valence electrons. The van der Waals surface area contributed by atoms with Crippen molar-refractivity contribution in [1.29, 1.82) is 0 Å². The van der Waals surface area contributed by atoms with Crippen LogP contribution >= 0.6 is 0 Å². The Morgan fingerprint density at radius 1 is 1.04 bits per heavy atom. The number of rotatable bonds is 0. The highest BCUT2D eigenvalue weighted by Crippen LogP contribution is 2.85. The average molecular weight is 382 g/mol. The number of hydrogen-bond acceptors (Lipinski definition) is 7. The fraction of sp³-hybridized carbons (Fsp3) is 1.00. The molecule has 2 spiro atoms. The van der Waals surface area contributed by atoms with Crippen LogP contribution in [-0.4, -0.2) is 64.2 Å². The van der Waals surface area contributed by atoms with E-state index in [1.165, 1.54) is 0 Å². The predicted octanol–water partition coefficient (Wildman–Crippen LogP) is 0.746. The molecule has 0 radical (unpaired) electrons. The molecule has 4 heterocycles. The zero-order valence-corrected chi connectivity index (χ0v) is 16.3. The van der Waals surface area contributed by atoms with Gasteiger partial charge in [0.2, 0.25) is 0 Å². The lowest BCUT2D eigenvalue weighted by atomic mass is 9.52. The van der Waals surface area contributed by atoms with E-state index >= 15 is 0 Å². The summed E-state index contributed by atoms with van der Waals surface area (Å²) in [6.45, 7) is 8.98. The first-order chi connectivity index (χ1) is 12.6. The molecule has 6 aliphatic rings. The third-order valence-corrected chi connectivity index (χ3v) is 9.20. The Labute approximate surface area is 158 Å². The standard InChI is InChI=1S/C20H30O7/c1-9-8-24-12-6-18-11-5-10(16(2,3)4)17(18)7-13(21)26-15(17)27-20(18,14(22)25-11)19(9,12)23/h9-15,21-23H,5-8H2,1-4H3/t9-,10+,11-,12+,13+,14?,15+,17+,18+,19-,20+/m1/s1. The molecule has 4 aliphatic heterocycles. The number of aliphatic hydroxyl groups excluding tert-OH is 2. The van der Waals surface area contributed by atoms with Gasteiger partial charge >= 0.3 is 0 Å². The number of ether oxygens (including phenoxy) is 4. The minimum atomic E-state index is -1.33. The maximum Gasteiger partial charge on any atom is 0.188 e. The SMILES string of the molecule is C[C@@H]1CO[C@H]2C[C@]34[C@H]5C[C@@H](C(C)(C)C)[C@]36C[C@@H](O)O[C@H]6O[C@]4(C(O)O5)[C@@]12O. The molecule has 0 amide bonds. The van der Waals surface area contributed by atoms with Gasteiger partial charge in [0.05, 0.1) is 18.8 Å². The van der Waals surface area contributed by atoms with E-state index < -0.39 is 47.0 Å². The van der Waals surface area contributed by atoms with E-state index in [2.05, 4.69) is 20.8 Å². The molecule has 2 saturated carbocycles. The number of fused-ring (bicyclic) bond motifs is 1. The van der Waals surface area contributed by atoms with Crippen molar-refractivity contribution in [2.75, 3.05) is 6.61 Å². The zero-order chi connectivity index (χ0) is 19.2. The second kappa shape index (κ2) is 4.56. The van der Waals surface area contributed by atoms with Crippen molar-refractivity contribution in [2.45, 2.75) is 89.2 Å². The second-order valence-corrected chi connectivity index (χ2v) is 10.9. The summed E-state index contributed by atoms with van der Waals surface area (Å²) in [5.74, 6) is -0.0161. The van der Waals surface area contributed by atoms with Crippen LogP contribution in [0.25, 0.3) is 0 Å². The summed E-state index contributed by atoms with van der Waals surface area (Å²) in [6.07, 6.45) is -1.68. The minimum absolute atomic E-state index is 0.0642.